The molecule has 0 radical (unpaired) electrons. The number of morpholine rings is 1. The van der Waals surface area contributed by atoms with Crippen LogP contribution in [0.5, 0.6) is 0 Å². The van der Waals surface area contributed by atoms with E-state index in [1.54, 1.807) is 0 Å². The minimum Gasteiger partial charge on any atom is -0.379 e. The Morgan fingerprint density at radius 1 is 1.12 bits per heavy atom. The summed E-state index contributed by atoms with van der Waals surface area (Å²) < 4.78 is 44.6. The van der Waals surface area contributed by atoms with Crippen LogP contribution < -0.4 is 10.6 Å². The summed E-state index contributed by atoms with van der Waals surface area (Å²) in [5.41, 5.74) is 2.41. The third-order valence-corrected chi connectivity index (χ3v) is 8.64. The number of carbonyl (C=O) groups is 1. The van der Waals surface area contributed by atoms with E-state index in [-0.39, 0.29) is 24.4 Å². The van der Waals surface area contributed by atoms with Gasteiger partial charge in [-0.1, -0.05) is 24.9 Å². The van der Waals surface area contributed by atoms with E-state index in [2.05, 4.69) is 30.4 Å². The van der Waals surface area contributed by atoms with Gasteiger partial charge in [0, 0.05) is 61.3 Å². The molecule has 9 nitrogen and oxygen atoms in total. The van der Waals surface area contributed by atoms with Crippen LogP contribution in [0.15, 0.2) is 29.6 Å². The van der Waals surface area contributed by atoms with Crippen molar-refractivity contribution in [1.29, 1.82) is 0 Å². The van der Waals surface area contributed by atoms with Gasteiger partial charge in [0.1, 0.15) is 5.82 Å². The van der Waals surface area contributed by atoms with Gasteiger partial charge in [-0.3, -0.25) is 14.6 Å². The molecule has 2 atom stereocenters. The van der Waals surface area contributed by atoms with E-state index < -0.39 is 12.0 Å². The maximum Gasteiger partial charge on any atom is 0.451 e. The number of fused-ring (bicyclic) bond motifs is 1. The Morgan fingerprint density at radius 2 is 1.83 bits per heavy atom. The Morgan fingerprint density at radius 3 is 2.52 bits per heavy atom. The summed E-state index contributed by atoms with van der Waals surface area (Å²) in [6.07, 6.45) is 1.46. The molecule has 13 heteroatoms. The van der Waals surface area contributed by atoms with Crippen LogP contribution in [0.25, 0.3) is 5.57 Å². The van der Waals surface area contributed by atoms with E-state index in [1.807, 2.05) is 19.1 Å². The summed E-state index contributed by atoms with van der Waals surface area (Å²) in [6.45, 7) is 8.68. The predicted molar refractivity (Wildman–Crippen MR) is 154 cm³/mol. The van der Waals surface area contributed by atoms with Crippen LogP contribution in [-0.4, -0.2) is 89.7 Å². The molecule has 0 aromatic carbocycles. The van der Waals surface area contributed by atoms with Crippen molar-refractivity contribution in [2.75, 3.05) is 64.3 Å². The number of carbonyl (C=O) groups excluding carboxylic acids is 1. The summed E-state index contributed by atoms with van der Waals surface area (Å²) in [5.74, 6) is -0.853. The first-order valence-electron chi connectivity index (χ1n) is 14.6. The van der Waals surface area contributed by atoms with Crippen molar-refractivity contribution in [3.05, 3.63) is 52.2 Å². The maximum atomic E-state index is 13.6. The number of nitrogens with zero attached hydrogens (tertiary/aromatic N) is 5. The van der Waals surface area contributed by atoms with Gasteiger partial charge < -0.3 is 15.4 Å². The molecule has 2 saturated heterocycles. The molecule has 228 valence electrons. The number of nitrogens with one attached hydrogen (secondary N) is 2. The van der Waals surface area contributed by atoms with Gasteiger partial charge in [0.05, 0.1) is 30.5 Å². The second-order valence-corrected chi connectivity index (χ2v) is 11.5. The van der Waals surface area contributed by atoms with Gasteiger partial charge >= 0.3 is 6.18 Å². The van der Waals surface area contributed by atoms with Crippen LogP contribution in [0.2, 0.25) is 0 Å². The van der Waals surface area contributed by atoms with E-state index in [4.69, 9.17) is 21.3 Å². The molecule has 2 unspecified atom stereocenters. The molecule has 2 aliphatic heterocycles. The number of piperidine rings is 1. The number of anilines is 1. The van der Waals surface area contributed by atoms with Crippen LogP contribution in [0.3, 0.4) is 0 Å². The van der Waals surface area contributed by atoms with Crippen LogP contribution in [-0.2, 0) is 22.1 Å². The lowest BCUT2D eigenvalue weighted by molar-refractivity contribution is -0.145. The Bertz CT molecular complexity index is 1260. The highest BCUT2D eigenvalue weighted by atomic mass is 35.5. The van der Waals surface area contributed by atoms with Crippen molar-refractivity contribution in [3.63, 3.8) is 0 Å². The number of hydrogen-bond acceptors (Lipinski definition) is 8. The topological polar surface area (TPSA) is 95.5 Å². The fourth-order valence-corrected chi connectivity index (χ4v) is 6.02. The Kier molecular flexibility index (Phi) is 9.97. The van der Waals surface area contributed by atoms with Crippen molar-refractivity contribution < 1.29 is 22.7 Å². The molecule has 3 aliphatic rings. The van der Waals surface area contributed by atoms with Gasteiger partial charge in [-0.15, -0.1) is 0 Å². The number of hydrogen-bond donors (Lipinski definition) is 2. The zero-order valence-corrected chi connectivity index (χ0v) is 24.5. The Hall–Kier alpha value is -2.80. The quantitative estimate of drug-likeness (QED) is 0.440. The molecule has 42 heavy (non-hydrogen) atoms. The monoisotopic (exact) mass is 607 g/mol. The van der Waals surface area contributed by atoms with Gasteiger partial charge in [-0.05, 0) is 50.4 Å². The number of likely N-dealkylation sites (tertiary alicyclic amines) is 1. The van der Waals surface area contributed by atoms with Gasteiger partial charge in [-0.2, -0.15) is 13.2 Å². The number of rotatable bonds is 9. The van der Waals surface area contributed by atoms with Crippen LogP contribution in [0, 0.1) is 5.92 Å². The molecular weight excluding hydrogens is 571 g/mol. The second-order valence-electron chi connectivity index (χ2n) is 11.1. The lowest BCUT2D eigenvalue weighted by Gasteiger charge is -2.35. The zero-order chi connectivity index (χ0) is 29.7. The Balaban J connectivity index is 1.29. The predicted octanol–water partition coefficient (Wildman–Crippen LogP) is 4.12. The lowest BCUT2D eigenvalue weighted by atomic mass is 9.87. The average molecular weight is 608 g/mol. The summed E-state index contributed by atoms with van der Waals surface area (Å²) in [5, 5.41) is 6.87. The van der Waals surface area contributed by atoms with Crippen molar-refractivity contribution in [2.45, 2.75) is 44.8 Å². The third kappa shape index (κ3) is 7.39. The molecule has 2 aromatic rings. The minimum atomic E-state index is -4.62. The smallest absolute Gasteiger partial charge is 0.379 e. The highest BCUT2D eigenvalue weighted by molar-refractivity contribution is 6.39. The number of halogens is 4. The Labute approximate surface area is 248 Å². The molecule has 4 heterocycles. The largest absolute Gasteiger partial charge is 0.451 e. The van der Waals surface area contributed by atoms with Crippen molar-refractivity contribution in [1.82, 2.24) is 30.1 Å². The molecule has 2 aromatic heterocycles. The zero-order valence-electron chi connectivity index (χ0n) is 23.7. The molecule has 1 amide bonds. The van der Waals surface area contributed by atoms with E-state index >= 15 is 0 Å². The van der Waals surface area contributed by atoms with Crippen molar-refractivity contribution in [3.8, 4) is 0 Å². The van der Waals surface area contributed by atoms with E-state index in [9.17, 15) is 18.0 Å². The van der Waals surface area contributed by atoms with E-state index in [1.165, 1.54) is 12.4 Å². The van der Waals surface area contributed by atoms with Gasteiger partial charge in [-0.25, -0.2) is 15.0 Å². The normalized spacial score (nSPS) is 21.1. The average Bonchev–Trinajstić information content (AvgIpc) is 2.99. The second kappa shape index (κ2) is 13.7. The molecule has 2 fully saturated rings. The molecular formula is C29H37ClF3N7O2. The first-order chi connectivity index (χ1) is 20.2. The van der Waals surface area contributed by atoms with Crippen molar-refractivity contribution in [2.24, 2.45) is 5.92 Å². The SMILES string of the molecule is CC1Cc2nc(NCCN3CCOCC3)ccc2C(C(=O)NCC(c2cnc(C(F)(F)F)nc2)N2CCCCC2)=C1Cl. The highest BCUT2D eigenvalue weighted by Crippen LogP contribution is 2.37. The summed E-state index contributed by atoms with van der Waals surface area (Å²) >= 11 is 6.73. The number of ether oxygens (including phenoxy) is 1. The third-order valence-electron chi connectivity index (χ3n) is 8.08. The maximum absolute atomic E-state index is 13.6. The molecule has 2 N–H and O–H groups in total. The van der Waals surface area contributed by atoms with Crippen LogP contribution >= 0.6 is 11.6 Å². The van der Waals surface area contributed by atoms with Crippen LogP contribution in [0.4, 0.5) is 19.0 Å². The number of amides is 1. The van der Waals surface area contributed by atoms with E-state index in [0.717, 1.165) is 83.3 Å². The molecule has 0 spiro atoms. The molecule has 0 saturated carbocycles. The van der Waals surface area contributed by atoms with Crippen molar-refractivity contribution >= 4 is 28.9 Å². The lowest BCUT2D eigenvalue weighted by Crippen LogP contribution is -2.41. The fourth-order valence-electron chi connectivity index (χ4n) is 5.76. The summed E-state index contributed by atoms with van der Waals surface area (Å²) in [7, 11) is 0. The number of alkyl halides is 3. The molecule has 1 aliphatic carbocycles. The van der Waals surface area contributed by atoms with Gasteiger partial charge in [0.2, 0.25) is 5.82 Å². The molecule has 0 bridgehead atoms. The summed E-state index contributed by atoms with van der Waals surface area (Å²) in [6, 6.07) is 3.38. The first kappa shape index (κ1) is 30.7. The summed E-state index contributed by atoms with van der Waals surface area (Å²) in [4.78, 5) is 30.1. The standard InChI is InChI=1S/C29H37ClF3N7O2/c1-19-15-22-21(5-6-24(38-22)34-7-10-39-11-13-42-14-12-39)25(26(19)30)27(41)35-18-23(40-8-3-2-4-9-40)20-16-36-28(37-17-20)29(31,32)33/h5-6,16-17,19,23H,2-4,7-15,18H2,1H3,(H,34,38)(H,35,41). The highest BCUT2D eigenvalue weighted by Gasteiger charge is 2.35. The minimum absolute atomic E-state index is 0.0859. The number of pyridine rings is 1. The van der Waals surface area contributed by atoms with Gasteiger partial charge in [0.25, 0.3) is 5.91 Å². The fraction of sp³-hybridized carbons (Fsp3) is 0.586. The van der Waals surface area contributed by atoms with Crippen LogP contribution in [0.1, 0.15) is 54.9 Å². The first-order valence-corrected chi connectivity index (χ1v) is 14.9. The van der Waals surface area contributed by atoms with Gasteiger partial charge in [0.15, 0.2) is 0 Å². The molecule has 5 rings (SSSR count). The van der Waals surface area contributed by atoms with E-state index in [0.29, 0.717) is 28.2 Å². The number of allylic oxidation sites excluding steroid dienone is 1. The number of aromatic nitrogens is 3.